The fourth-order valence-corrected chi connectivity index (χ4v) is 1.77. The van der Waals surface area contributed by atoms with Crippen LogP contribution in [0.15, 0.2) is 0 Å². The Morgan fingerprint density at radius 1 is 1.39 bits per heavy atom. The van der Waals surface area contributed by atoms with Gasteiger partial charge >= 0.3 is 0 Å². The molecule has 0 aliphatic heterocycles. The first-order chi connectivity index (χ1) is 8.45. The van der Waals surface area contributed by atoms with Gasteiger partial charge in [-0.15, -0.1) is 0 Å². The van der Waals surface area contributed by atoms with E-state index in [1.54, 1.807) is 13.8 Å². The van der Waals surface area contributed by atoms with Crippen LogP contribution < -0.4 is 0 Å². The Kier molecular flexibility index (Phi) is 8.03. The third kappa shape index (κ3) is 4.86. The Morgan fingerprint density at radius 3 is 2.39 bits per heavy atom. The summed E-state index contributed by atoms with van der Waals surface area (Å²) in [4.78, 5) is 23.1. The monoisotopic (exact) mass is 257 g/mol. The molecule has 0 bridgehead atoms. The summed E-state index contributed by atoms with van der Waals surface area (Å²) in [5.41, 5.74) is -0.933. The maximum atomic E-state index is 12.4. The minimum absolute atomic E-state index is 0.130. The van der Waals surface area contributed by atoms with Crippen LogP contribution in [0.25, 0.3) is 0 Å². The second-order valence-electron chi connectivity index (χ2n) is 4.57. The number of carbonyl (C=O) groups is 2. The molecule has 0 rings (SSSR count). The fraction of sp³-hybridized carbons (Fsp3) is 0.786. The molecular formula is C14H25O4. The molecule has 0 aromatic carbocycles. The summed E-state index contributed by atoms with van der Waals surface area (Å²) in [6.07, 6.45) is 0.965. The van der Waals surface area contributed by atoms with Crippen molar-refractivity contribution >= 4 is 12.1 Å². The Balaban J connectivity index is 4.86. The lowest BCUT2D eigenvalue weighted by atomic mass is 9.89. The molecule has 18 heavy (non-hydrogen) atoms. The average molecular weight is 257 g/mol. The van der Waals surface area contributed by atoms with E-state index in [1.807, 2.05) is 13.8 Å². The quantitative estimate of drug-likeness (QED) is 0.563. The lowest BCUT2D eigenvalue weighted by molar-refractivity contribution is -0.154. The van der Waals surface area contributed by atoms with Crippen molar-refractivity contribution in [1.82, 2.24) is 0 Å². The molecular weight excluding hydrogens is 232 g/mol. The van der Waals surface area contributed by atoms with Crippen LogP contribution in [0.5, 0.6) is 0 Å². The molecule has 1 radical (unpaired) electrons. The van der Waals surface area contributed by atoms with Crippen molar-refractivity contribution in [3.63, 3.8) is 0 Å². The van der Waals surface area contributed by atoms with Crippen LogP contribution in [0, 0.1) is 12.8 Å². The molecule has 0 fully saturated rings. The average Bonchev–Trinajstić information content (AvgIpc) is 2.37. The predicted molar refractivity (Wildman–Crippen MR) is 70.3 cm³/mol. The van der Waals surface area contributed by atoms with Gasteiger partial charge in [-0.3, -0.25) is 4.79 Å². The van der Waals surface area contributed by atoms with Crippen molar-refractivity contribution in [2.24, 2.45) is 5.92 Å². The van der Waals surface area contributed by atoms with Crippen molar-refractivity contribution in [3.8, 4) is 0 Å². The molecule has 0 saturated carbocycles. The molecule has 0 aliphatic rings. The van der Waals surface area contributed by atoms with Gasteiger partial charge in [0.2, 0.25) is 0 Å². The van der Waals surface area contributed by atoms with E-state index < -0.39 is 11.7 Å². The van der Waals surface area contributed by atoms with Gasteiger partial charge in [0.15, 0.2) is 5.78 Å². The third-order valence-corrected chi connectivity index (χ3v) is 2.94. The standard InChI is InChI=1S/C14H25O4/c1-6-14(5,18-8-3)13(16)12(17-7-2)9-11(4)10-15/h10-12H,1,6-9H2,2-5H3. The van der Waals surface area contributed by atoms with E-state index in [0.29, 0.717) is 26.1 Å². The normalized spacial score (nSPS) is 17.8. The number of Topliss-reactive ketones (excluding diaryl/α,β-unsaturated/α-hetero) is 1. The van der Waals surface area contributed by atoms with Gasteiger partial charge in [-0.1, -0.05) is 6.92 Å². The predicted octanol–water partition coefficient (Wildman–Crippen LogP) is 2.21. The van der Waals surface area contributed by atoms with E-state index in [1.165, 1.54) is 0 Å². The molecule has 3 unspecified atom stereocenters. The number of ketones is 1. The van der Waals surface area contributed by atoms with Gasteiger partial charge in [0.05, 0.1) is 0 Å². The molecule has 105 valence electrons. The summed E-state index contributed by atoms with van der Waals surface area (Å²) >= 11 is 0. The largest absolute Gasteiger partial charge is 0.371 e. The first-order valence-corrected chi connectivity index (χ1v) is 6.49. The van der Waals surface area contributed by atoms with Crippen LogP contribution >= 0.6 is 0 Å². The first-order valence-electron chi connectivity index (χ1n) is 6.49. The number of hydrogen-bond donors (Lipinski definition) is 0. The zero-order valence-electron chi connectivity index (χ0n) is 11.9. The molecule has 0 aromatic rings. The number of rotatable bonds is 10. The highest BCUT2D eigenvalue weighted by molar-refractivity contribution is 5.91. The lowest BCUT2D eigenvalue weighted by Crippen LogP contribution is -2.46. The Bertz CT molecular complexity index is 265. The van der Waals surface area contributed by atoms with Gasteiger partial charge < -0.3 is 14.3 Å². The fourth-order valence-electron chi connectivity index (χ4n) is 1.77. The maximum Gasteiger partial charge on any atom is 0.192 e. The number of aldehydes is 1. The molecule has 0 spiro atoms. The van der Waals surface area contributed by atoms with E-state index in [9.17, 15) is 9.59 Å². The van der Waals surface area contributed by atoms with E-state index in [4.69, 9.17) is 9.47 Å². The molecule has 3 atom stereocenters. The van der Waals surface area contributed by atoms with E-state index in [2.05, 4.69) is 6.92 Å². The van der Waals surface area contributed by atoms with Crippen LogP contribution in [-0.4, -0.2) is 37.0 Å². The number of carbonyl (C=O) groups excluding carboxylic acids is 2. The summed E-state index contributed by atoms with van der Waals surface area (Å²) in [5, 5.41) is 0. The molecule has 0 aliphatic carbocycles. The Morgan fingerprint density at radius 2 is 2.00 bits per heavy atom. The van der Waals surface area contributed by atoms with Crippen LogP contribution in [0.2, 0.25) is 0 Å². The minimum atomic E-state index is -0.933. The van der Waals surface area contributed by atoms with Crippen LogP contribution in [0.4, 0.5) is 0 Å². The van der Waals surface area contributed by atoms with Crippen LogP contribution in [0.3, 0.4) is 0 Å². The summed E-state index contributed by atoms with van der Waals surface area (Å²) in [5.74, 6) is -0.337. The SMILES string of the molecule is [CH2]CC(C)(OCC)C(=O)C(CC(C)C=O)OCC. The highest BCUT2D eigenvalue weighted by Gasteiger charge is 2.38. The van der Waals surface area contributed by atoms with Crippen molar-refractivity contribution in [2.45, 2.75) is 52.2 Å². The molecule has 0 amide bonds. The van der Waals surface area contributed by atoms with Crippen molar-refractivity contribution < 1.29 is 19.1 Å². The Labute approximate surface area is 110 Å². The highest BCUT2D eigenvalue weighted by Crippen LogP contribution is 2.22. The Hall–Kier alpha value is -0.740. The summed E-state index contributed by atoms with van der Waals surface area (Å²) < 4.78 is 11.0. The topological polar surface area (TPSA) is 52.6 Å². The van der Waals surface area contributed by atoms with Gasteiger partial charge in [0, 0.05) is 19.1 Å². The molecule has 0 aromatic heterocycles. The summed E-state index contributed by atoms with van der Waals surface area (Å²) in [7, 11) is 0. The molecule has 4 heteroatoms. The summed E-state index contributed by atoms with van der Waals surface area (Å²) in [6.45, 7) is 11.8. The van der Waals surface area contributed by atoms with Crippen LogP contribution in [0.1, 0.15) is 40.5 Å². The summed E-state index contributed by atoms with van der Waals surface area (Å²) in [6, 6.07) is 0. The van der Waals surface area contributed by atoms with Gasteiger partial charge in [-0.25, -0.2) is 0 Å². The molecule has 0 N–H and O–H groups in total. The van der Waals surface area contributed by atoms with Crippen molar-refractivity contribution in [2.75, 3.05) is 13.2 Å². The number of ether oxygens (including phenoxy) is 2. The minimum Gasteiger partial charge on any atom is -0.371 e. The second-order valence-corrected chi connectivity index (χ2v) is 4.57. The van der Waals surface area contributed by atoms with E-state index in [0.717, 1.165) is 6.29 Å². The van der Waals surface area contributed by atoms with Gasteiger partial charge in [-0.05, 0) is 40.5 Å². The zero-order valence-corrected chi connectivity index (χ0v) is 11.9. The highest BCUT2D eigenvalue weighted by atomic mass is 16.5. The number of hydrogen-bond acceptors (Lipinski definition) is 4. The van der Waals surface area contributed by atoms with Crippen molar-refractivity contribution in [3.05, 3.63) is 6.92 Å². The van der Waals surface area contributed by atoms with Gasteiger partial charge in [0.1, 0.15) is 18.0 Å². The van der Waals surface area contributed by atoms with Crippen LogP contribution in [-0.2, 0) is 19.1 Å². The van der Waals surface area contributed by atoms with Gasteiger partial charge in [0.25, 0.3) is 0 Å². The zero-order chi connectivity index (χ0) is 14.2. The van der Waals surface area contributed by atoms with E-state index in [-0.39, 0.29) is 11.7 Å². The smallest absolute Gasteiger partial charge is 0.192 e. The van der Waals surface area contributed by atoms with E-state index >= 15 is 0 Å². The lowest BCUT2D eigenvalue weighted by Gasteiger charge is -2.31. The van der Waals surface area contributed by atoms with Crippen molar-refractivity contribution in [1.29, 1.82) is 0 Å². The third-order valence-electron chi connectivity index (χ3n) is 2.94. The molecule has 0 saturated heterocycles. The first kappa shape index (κ1) is 17.3. The second kappa shape index (κ2) is 8.38. The molecule has 4 nitrogen and oxygen atoms in total. The maximum absolute atomic E-state index is 12.4. The molecule has 0 heterocycles. The van der Waals surface area contributed by atoms with Gasteiger partial charge in [-0.2, -0.15) is 0 Å².